The first-order chi connectivity index (χ1) is 5.74. The first-order valence-corrected chi connectivity index (χ1v) is 5.16. The highest BCUT2D eigenvalue weighted by atomic mass is 79.9. The van der Waals surface area contributed by atoms with Crippen LogP contribution in [0, 0.1) is 0 Å². The second kappa shape index (κ2) is 4.60. The number of nitrogens with zero attached hydrogens (tertiary/aromatic N) is 3. The molecule has 0 N–H and O–H groups in total. The molecule has 1 aromatic heterocycles. The number of hydrogen-bond donors (Lipinski definition) is 0. The topological polar surface area (TPSA) is 30.7 Å². The number of halogens is 1. The molecular weight excluding hydrogens is 218 g/mol. The molecule has 68 valence electrons. The minimum atomic E-state index is 0.555. The van der Waals surface area contributed by atoms with E-state index in [4.69, 9.17) is 0 Å². The van der Waals surface area contributed by atoms with Crippen molar-refractivity contribution in [3.63, 3.8) is 0 Å². The highest BCUT2D eigenvalue weighted by Gasteiger charge is 2.03. The van der Waals surface area contributed by atoms with E-state index in [-0.39, 0.29) is 0 Å². The molecule has 0 fully saturated rings. The molecule has 12 heavy (non-hydrogen) atoms. The molecule has 0 amide bonds. The number of alkyl halides is 1. The monoisotopic (exact) mass is 231 g/mol. The van der Waals surface area contributed by atoms with Crippen molar-refractivity contribution in [2.45, 2.75) is 38.1 Å². The smallest absolute Gasteiger partial charge is 0.138 e. The van der Waals surface area contributed by atoms with Gasteiger partial charge >= 0.3 is 0 Å². The Labute approximate surface area is 81.3 Å². The zero-order valence-corrected chi connectivity index (χ0v) is 9.08. The lowest BCUT2D eigenvalue weighted by atomic mass is 10.2. The standard InChI is InChI=1S/C8H14BrN3/c1-3-12-8(10-6-11-12)5-4-7(2)9/h6-7H,3-5H2,1-2H3. The molecule has 4 heteroatoms. The highest BCUT2D eigenvalue weighted by Crippen LogP contribution is 2.07. The molecule has 0 saturated carbocycles. The summed E-state index contributed by atoms with van der Waals surface area (Å²) in [6, 6.07) is 0. The van der Waals surface area contributed by atoms with Crippen LogP contribution in [-0.4, -0.2) is 19.6 Å². The number of aryl methyl sites for hydroxylation is 2. The molecule has 3 nitrogen and oxygen atoms in total. The van der Waals surface area contributed by atoms with Gasteiger partial charge in [0.15, 0.2) is 0 Å². The summed E-state index contributed by atoms with van der Waals surface area (Å²) in [6.07, 6.45) is 3.73. The van der Waals surface area contributed by atoms with E-state index in [1.807, 2.05) is 4.68 Å². The van der Waals surface area contributed by atoms with Crippen LogP contribution in [0.1, 0.15) is 26.1 Å². The fraction of sp³-hybridized carbons (Fsp3) is 0.750. The first kappa shape index (κ1) is 9.71. The molecule has 0 aliphatic carbocycles. The molecule has 0 saturated heterocycles. The number of aromatic nitrogens is 3. The molecule has 0 spiro atoms. The van der Waals surface area contributed by atoms with E-state index in [0.29, 0.717) is 4.83 Å². The molecule has 0 aliphatic heterocycles. The van der Waals surface area contributed by atoms with Crippen molar-refractivity contribution < 1.29 is 0 Å². The summed E-state index contributed by atoms with van der Waals surface area (Å²) in [6.45, 7) is 5.13. The normalized spacial score (nSPS) is 13.2. The summed E-state index contributed by atoms with van der Waals surface area (Å²) in [5.41, 5.74) is 0. The van der Waals surface area contributed by atoms with Gasteiger partial charge in [-0.15, -0.1) is 0 Å². The first-order valence-electron chi connectivity index (χ1n) is 4.24. The average molecular weight is 232 g/mol. The minimum absolute atomic E-state index is 0.555. The van der Waals surface area contributed by atoms with Gasteiger partial charge in [0.2, 0.25) is 0 Å². The molecule has 0 aromatic carbocycles. The van der Waals surface area contributed by atoms with Crippen LogP contribution in [0.5, 0.6) is 0 Å². The van der Waals surface area contributed by atoms with E-state index in [2.05, 4.69) is 39.9 Å². The van der Waals surface area contributed by atoms with Crippen LogP contribution < -0.4 is 0 Å². The maximum atomic E-state index is 4.19. The predicted molar refractivity (Wildman–Crippen MR) is 52.4 cm³/mol. The lowest BCUT2D eigenvalue weighted by Crippen LogP contribution is -2.05. The Morgan fingerprint density at radius 2 is 2.42 bits per heavy atom. The van der Waals surface area contributed by atoms with Crippen LogP contribution in [0.25, 0.3) is 0 Å². The Morgan fingerprint density at radius 3 is 3.00 bits per heavy atom. The van der Waals surface area contributed by atoms with E-state index in [1.165, 1.54) is 0 Å². The van der Waals surface area contributed by atoms with Crippen molar-refractivity contribution in [3.8, 4) is 0 Å². The number of rotatable bonds is 4. The minimum Gasteiger partial charge on any atom is -0.250 e. The molecule has 0 bridgehead atoms. The highest BCUT2D eigenvalue weighted by molar-refractivity contribution is 9.09. The summed E-state index contributed by atoms with van der Waals surface area (Å²) in [7, 11) is 0. The van der Waals surface area contributed by atoms with Gasteiger partial charge in [0.25, 0.3) is 0 Å². The Morgan fingerprint density at radius 1 is 1.67 bits per heavy atom. The van der Waals surface area contributed by atoms with Crippen molar-refractivity contribution in [2.75, 3.05) is 0 Å². The quantitative estimate of drug-likeness (QED) is 0.743. The third-order valence-corrected chi connectivity index (χ3v) is 2.22. The molecule has 1 heterocycles. The van der Waals surface area contributed by atoms with Gasteiger partial charge in [0, 0.05) is 17.8 Å². The average Bonchev–Trinajstić information content (AvgIpc) is 2.47. The van der Waals surface area contributed by atoms with Gasteiger partial charge in [-0.25, -0.2) is 4.98 Å². The molecule has 1 rings (SSSR count). The zero-order valence-electron chi connectivity index (χ0n) is 7.50. The predicted octanol–water partition coefficient (Wildman–Crippen LogP) is 2.01. The third kappa shape index (κ3) is 2.59. The zero-order chi connectivity index (χ0) is 8.97. The molecule has 0 aliphatic rings. The lowest BCUT2D eigenvalue weighted by Gasteiger charge is -2.03. The van der Waals surface area contributed by atoms with Crippen LogP contribution in [0.15, 0.2) is 6.33 Å². The molecular formula is C8H14BrN3. The second-order valence-corrected chi connectivity index (χ2v) is 4.37. The molecule has 1 unspecified atom stereocenters. The van der Waals surface area contributed by atoms with E-state index in [9.17, 15) is 0 Å². The maximum Gasteiger partial charge on any atom is 0.138 e. The van der Waals surface area contributed by atoms with Crippen molar-refractivity contribution in [1.82, 2.24) is 14.8 Å². The van der Waals surface area contributed by atoms with E-state index >= 15 is 0 Å². The van der Waals surface area contributed by atoms with Crippen molar-refractivity contribution in [2.24, 2.45) is 0 Å². The second-order valence-electron chi connectivity index (χ2n) is 2.81. The Balaban J connectivity index is 2.50. The van der Waals surface area contributed by atoms with Gasteiger partial charge in [0.1, 0.15) is 12.2 Å². The van der Waals surface area contributed by atoms with Crippen molar-refractivity contribution in [3.05, 3.63) is 12.2 Å². The Bertz CT molecular complexity index is 232. The van der Waals surface area contributed by atoms with E-state index in [1.54, 1.807) is 6.33 Å². The van der Waals surface area contributed by atoms with Gasteiger partial charge in [-0.2, -0.15) is 5.10 Å². The fourth-order valence-electron chi connectivity index (χ4n) is 1.07. The summed E-state index contributed by atoms with van der Waals surface area (Å²) >= 11 is 3.51. The van der Waals surface area contributed by atoms with Crippen molar-refractivity contribution in [1.29, 1.82) is 0 Å². The largest absolute Gasteiger partial charge is 0.250 e. The molecule has 0 radical (unpaired) electrons. The van der Waals surface area contributed by atoms with Crippen LogP contribution >= 0.6 is 15.9 Å². The van der Waals surface area contributed by atoms with E-state index in [0.717, 1.165) is 25.2 Å². The summed E-state index contributed by atoms with van der Waals surface area (Å²) in [4.78, 5) is 4.75. The lowest BCUT2D eigenvalue weighted by molar-refractivity contribution is 0.602. The van der Waals surface area contributed by atoms with Gasteiger partial charge in [-0.1, -0.05) is 22.9 Å². The molecule has 1 aromatic rings. The van der Waals surface area contributed by atoms with Gasteiger partial charge in [0.05, 0.1) is 0 Å². The Kier molecular flexibility index (Phi) is 3.72. The van der Waals surface area contributed by atoms with Crippen LogP contribution in [0.2, 0.25) is 0 Å². The third-order valence-electron chi connectivity index (χ3n) is 1.76. The van der Waals surface area contributed by atoms with Gasteiger partial charge in [-0.3, -0.25) is 4.68 Å². The van der Waals surface area contributed by atoms with Crippen LogP contribution in [-0.2, 0) is 13.0 Å². The fourth-order valence-corrected chi connectivity index (χ4v) is 1.30. The van der Waals surface area contributed by atoms with E-state index < -0.39 is 0 Å². The van der Waals surface area contributed by atoms with Gasteiger partial charge in [-0.05, 0) is 13.3 Å². The van der Waals surface area contributed by atoms with Crippen molar-refractivity contribution >= 4 is 15.9 Å². The summed E-state index contributed by atoms with van der Waals surface area (Å²) in [5.74, 6) is 1.09. The summed E-state index contributed by atoms with van der Waals surface area (Å²) in [5, 5.41) is 4.10. The Hall–Kier alpha value is -0.380. The van der Waals surface area contributed by atoms with Crippen LogP contribution in [0.3, 0.4) is 0 Å². The summed E-state index contributed by atoms with van der Waals surface area (Å²) < 4.78 is 1.94. The SMILES string of the molecule is CCn1ncnc1CCC(C)Br. The number of hydrogen-bond acceptors (Lipinski definition) is 2. The van der Waals surface area contributed by atoms with Gasteiger partial charge < -0.3 is 0 Å². The maximum absolute atomic E-state index is 4.19. The molecule has 1 atom stereocenters. The van der Waals surface area contributed by atoms with Crippen LogP contribution in [0.4, 0.5) is 0 Å².